The molecule has 0 saturated heterocycles. The molecule has 0 heterocycles. The van der Waals surface area contributed by atoms with Crippen molar-refractivity contribution in [1.82, 2.24) is 0 Å². The number of hydrogen-bond acceptors (Lipinski definition) is 2. The quantitative estimate of drug-likeness (QED) is 0.458. The summed E-state index contributed by atoms with van der Waals surface area (Å²) in [5, 5.41) is 0.0459. The van der Waals surface area contributed by atoms with E-state index in [1.807, 2.05) is 0 Å². The number of esters is 1. The van der Waals surface area contributed by atoms with Crippen LogP contribution in [0, 0.1) is 0 Å². The lowest BCUT2D eigenvalue weighted by atomic mass is 10.3. The van der Waals surface area contributed by atoms with Gasteiger partial charge in [0, 0.05) is 11.1 Å². The van der Waals surface area contributed by atoms with E-state index in [0.717, 1.165) is 0 Å². The average molecular weight is 254 g/mol. The first-order valence-electron chi connectivity index (χ1n) is 3.81. The summed E-state index contributed by atoms with van der Waals surface area (Å²) in [5.41, 5.74) is 0. The van der Waals surface area contributed by atoms with Gasteiger partial charge in [0.1, 0.15) is 5.38 Å². The number of benzene rings is 1. The van der Waals surface area contributed by atoms with Crippen LogP contribution >= 0.6 is 34.8 Å². The van der Waals surface area contributed by atoms with Gasteiger partial charge in [-0.1, -0.05) is 23.2 Å². The van der Waals surface area contributed by atoms with E-state index < -0.39 is 11.3 Å². The molecule has 0 aromatic heterocycles. The van der Waals surface area contributed by atoms with Crippen molar-refractivity contribution in [1.29, 1.82) is 0 Å². The van der Waals surface area contributed by atoms with Crippen LogP contribution < -0.4 is 4.74 Å². The SMILES string of the molecule is CC(Cl)C(=O)Oc1cc(Cl)ccc1Cl. The second-order valence-electron chi connectivity index (χ2n) is 2.61. The average Bonchev–Trinajstić information content (AvgIpc) is 2.11. The third-order valence-corrected chi connectivity index (χ3v) is 2.15. The summed E-state index contributed by atoms with van der Waals surface area (Å²) in [6.45, 7) is 1.52. The Morgan fingerprint density at radius 2 is 2.07 bits per heavy atom. The zero-order valence-corrected chi connectivity index (χ0v) is 9.53. The van der Waals surface area contributed by atoms with Gasteiger partial charge >= 0.3 is 5.97 Å². The lowest BCUT2D eigenvalue weighted by Crippen LogP contribution is -2.17. The van der Waals surface area contributed by atoms with Crippen LogP contribution in [0.1, 0.15) is 6.92 Å². The fourth-order valence-corrected chi connectivity index (χ4v) is 1.11. The molecule has 2 nitrogen and oxygen atoms in total. The highest BCUT2D eigenvalue weighted by Crippen LogP contribution is 2.28. The minimum Gasteiger partial charge on any atom is -0.424 e. The highest BCUT2D eigenvalue weighted by molar-refractivity contribution is 6.34. The van der Waals surface area contributed by atoms with Crippen molar-refractivity contribution in [3.8, 4) is 5.75 Å². The molecule has 0 saturated carbocycles. The second kappa shape index (κ2) is 4.87. The van der Waals surface area contributed by atoms with Crippen molar-refractivity contribution < 1.29 is 9.53 Å². The van der Waals surface area contributed by atoms with Gasteiger partial charge < -0.3 is 4.74 Å². The summed E-state index contributed by atoms with van der Waals surface area (Å²) in [4.78, 5) is 11.1. The molecule has 0 aliphatic carbocycles. The van der Waals surface area contributed by atoms with E-state index >= 15 is 0 Å². The summed E-state index contributed by atoms with van der Waals surface area (Å²) in [5.74, 6) is -0.340. The lowest BCUT2D eigenvalue weighted by Gasteiger charge is -2.07. The maximum absolute atomic E-state index is 11.1. The van der Waals surface area contributed by atoms with Crippen molar-refractivity contribution in [2.75, 3.05) is 0 Å². The van der Waals surface area contributed by atoms with Crippen LogP contribution in [0.3, 0.4) is 0 Å². The third kappa shape index (κ3) is 3.05. The number of ether oxygens (including phenoxy) is 1. The van der Waals surface area contributed by atoms with Gasteiger partial charge in [-0.05, 0) is 19.1 Å². The van der Waals surface area contributed by atoms with Gasteiger partial charge in [-0.2, -0.15) is 0 Å². The van der Waals surface area contributed by atoms with Crippen LogP contribution in [0.2, 0.25) is 10.0 Å². The van der Waals surface area contributed by atoms with Crippen LogP contribution in [0.25, 0.3) is 0 Å². The number of alkyl halides is 1. The number of carbonyl (C=O) groups is 1. The van der Waals surface area contributed by atoms with E-state index in [2.05, 4.69) is 0 Å². The molecule has 0 spiro atoms. The molecule has 76 valence electrons. The Balaban J connectivity index is 2.86. The first kappa shape index (κ1) is 11.6. The van der Waals surface area contributed by atoms with Gasteiger partial charge in [0.15, 0.2) is 5.75 Å². The van der Waals surface area contributed by atoms with Crippen LogP contribution in [0.5, 0.6) is 5.75 Å². The van der Waals surface area contributed by atoms with Crippen molar-refractivity contribution in [3.05, 3.63) is 28.2 Å². The molecule has 1 unspecified atom stereocenters. The molecule has 0 N–H and O–H groups in total. The smallest absolute Gasteiger partial charge is 0.329 e. The van der Waals surface area contributed by atoms with Gasteiger partial charge in [-0.25, -0.2) is 0 Å². The van der Waals surface area contributed by atoms with E-state index in [9.17, 15) is 4.79 Å². The largest absolute Gasteiger partial charge is 0.424 e. The van der Waals surface area contributed by atoms with Gasteiger partial charge in [0.2, 0.25) is 0 Å². The zero-order chi connectivity index (χ0) is 10.7. The topological polar surface area (TPSA) is 26.3 Å². The minimum atomic E-state index is -0.718. The van der Waals surface area contributed by atoms with Gasteiger partial charge in [-0.3, -0.25) is 4.79 Å². The minimum absolute atomic E-state index is 0.219. The molecular formula is C9H7Cl3O2. The van der Waals surface area contributed by atoms with Gasteiger partial charge in [-0.15, -0.1) is 11.6 Å². The standard InChI is InChI=1S/C9H7Cl3O2/c1-5(10)9(13)14-8-4-6(11)2-3-7(8)12/h2-5H,1H3. The monoisotopic (exact) mass is 252 g/mol. The van der Waals surface area contributed by atoms with Crippen LogP contribution in [0.15, 0.2) is 18.2 Å². The molecule has 0 bridgehead atoms. The van der Waals surface area contributed by atoms with E-state index in [0.29, 0.717) is 10.0 Å². The Bertz CT molecular complexity index is 350. The molecule has 1 aromatic rings. The second-order valence-corrected chi connectivity index (χ2v) is 4.11. The predicted octanol–water partition coefficient (Wildman–Crippen LogP) is 3.53. The maximum Gasteiger partial charge on any atom is 0.329 e. The maximum atomic E-state index is 11.1. The Labute approximate surface area is 96.7 Å². The molecule has 0 aliphatic rings. The molecule has 0 fully saturated rings. The Morgan fingerprint density at radius 1 is 1.43 bits per heavy atom. The molecular weight excluding hydrogens is 246 g/mol. The summed E-state index contributed by atoms with van der Waals surface area (Å²) >= 11 is 17.0. The molecule has 0 radical (unpaired) electrons. The lowest BCUT2D eigenvalue weighted by molar-refractivity contribution is -0.133. The van der Waals surface area contributed by atoms with Crippen LogP contribution in [0.4, 0.5) is 0 Å². The van der Waals surface area contributed by atoms with E-state index in [-0.39, 0.29) is 5.75 Å². The van der Waals surface area contributed by atoms with Crippen LogP contribution in [-0.4, -0.2) is 11.3 Å². The molecule has 0 amide bonds. The summed E-state index contributed by atoms with van der Waals surface area (Å²) < 4.78 is 4.90. The molecule has 0 aliphatic heterocycles. The first-order valence-corrected chi connectivity index (χ1v) is 5.00. The first-order chi connectivity index (χ1) is 6.50. The van der Waals surface area contributed by atoms with Gasteiger partial charge in [0.05, 0.1) is 5.02 Å². The van der Waals surface area contributed by atoms with Gasteiger partial charge in [0.25, 0.3) is 0 Å². The molecule has 5 heteroatoms. The summed E-state index contributed by atoms with van der Waals surface area (Å²) in [7, 11) is 0. The molecule has 14 heavy (non-hydrogen) atoms. The van der Waals surface area contributed by atoms with E-state index in [4.69, 9.17) is 39.5 Å². The van der Waals surface area contributed by atoms with Crippen molar-refractivity contribution in [3.63, 3.8) is 0 Å². The number of hydrogen-bond donors (Lipinski definition) is 0. The van der Waals surface area contributed by atoms with E-state index in [1.54, 1.807) is 12.1 Å². The van der Waals surface area contributed by atoms with Crippen LogP contribution in [-0.2, 0) is 4.79 Å². The molecule has 1 rings (SSSR count). The Hall–Kier alpha value is -0.440. The third-order valence-electron chi connectivity index (χ3n) is 1.43. The molecule has 1 aromatic carbocycles. The normalized spacial score (nSPS) is 12.3. The molecule has 1 atom stereocenters. The number of rotatable bonds is 2. The summed E-state index contributed by atoms with van der Waals surface area (Å²) in [6, 6.07) is 4.61. The highest BCUT2D eigenvalue weighted by atomic mass is 35.5. The highest BCUT2D eigenvalue weighted by Gasteiger charge is 2.13. The zero-order valence-electron chi connectivity index (χ0n) is 7.26. The summed E-state index contributed by atoms with van der Waals surface area (Å²) in [6.07, 6.45) is 0. The van der Waals surface area contributed by atoms with Crippen molar-refractivity contribution >= 4 is 40.8 Å². The van der Waals surface area contributed by atoms with Crippen molar-refractivity contribution in [2.24, 2.45) is 0 Å². The Morgan fingerprint density at radius 3 is 2.64 bits per heavy atom. The number of halogens is 3. The predicted molar refractivity (Wildman–Crippen MR) is 57.4 cm³/mol. The number of carbonyl (C=O) groups excluding carboxylic acids is 1. The Kier molecular flexibility index (Phi) is 4.05. The van der Waals surface area contributed by atoms with E-state index in [1.165, 1.54) is 13.0 Å². The van der Waals surface area contributed by atoms with Crippen molar-refractivity contribution in [2.45, 2.75) is 12.3 Å². The fraction of sp³-hybridized carbons (Fsp3) is 0.222. The fourth-order valence-electron chi connectivity index (χ4n) is 0.745.